The Morgan fingerprint density at radius 1 is 1.32 bits per heavy atom. The summed E-state index contributed by atoms with van der Waals surface area (Å²) < 4.78 is 43.8. The van der Waals surface area contributed by atoms with Crippen molar-refractivity contribution in [3.8, 4) is 0 Å². The first-order valence-corrected chi connectivity index (χ1v) is 7.65. The van der Waals surface area contributed by atoms with Gasteiger partial charge in [0.25, 0.3) is 5.69 Å². The number of hydrogen-bond acceptors (Lipinski definition) is 5. The van der Waals surface area contributed by atoms with Crippen molar-refractivity contribution in [3.63, 3.8) is 0 Å². The van der Waals surface area contributed by atoms with E-state index in [2.05, 4.69) is 4.90 Å². The topological polar surface area (TPSA) is 55.6 Å². The summed E-state index contributed by atoms with van der Waals surface area (Å²) in [5.41, 5.74) is -2.11. The number of benzene rings is 1. The maximum Gasteiger partial charge on any atom is 0.423 e. The van der Waals surface area contributed by atoms with Crippen LogP contribution in [-0.2, 0) is 10.9 Å². The fourth-order valence-corrected chi connectivity index (χ4v) is 3.06. The molecule has 1 aliphatic heterocycles. The van der Waals surface area contributed by atoms with Gasteiger partial charge in [-0.3, -0.25) is 15.0 Å². The van der Waals surface area contributed by atoms with Crippen LogP contribution in [0, 0.1) is 10.1 Å². The zero-order valence-corrected chi connectivity index (χ0v) is 12.5. The van der Waals surface area contributed by atoms with Gasteiger partial charge < -0.3 is 4.74 Å². The fraction of sp³-hybridized carbons (Fsp3) is 0.538. The van der Waals surface area contributed by atoms with Crippen LogP contribution in [0.2, 0.25) is 0 Å². The van der Waals surface area contributed by atoms with Gasteiger partial charge in [0.05, 0.1) is 18.1 Å². The van der Waals surface area contributed by atoms with Crippen molar-refractivity contribution >= 4 is 17.4 Å². The molecule has 1 fully saturated rings. The van der Waals surface area contributed by atoms with Crippen molar-refractivity contribution in [2.75, 3.05) is 38.6 Å². The van der Waals surface area contributed by atoms with Gasteiger partial charge in [-0.15, -0.1) is 11.8 Å². The van der Waals surface area contributed by atoms with E-state index in [-0.39, 0.29) is 0 Å². The smallest absolute Gasteiger partial charge is 0.379 e. The monoisotopic (exact) mass is 336 g/mol. The first kappa shape index (κ1) is 17.0. The molecule has 1 aliphatic rings. The van der Waals surface area contributed by atoms with Crippen molar-refractivity contribution < 1.29 is 22.8 Å². The Bertz CT molecular complexity index is 534. The number of hydrogen-bond donors (Lipinski definition) is 0. The van der Waals surface area contributed by atoms with Gasteiger partial charge >= 0.3 is 6.18 Å². The van der Waals surface area contributed by atoms with Crippen LogP contribution in [0.5, 0.6) is 0 Å². The van der Waals surface area contributed by atoms with Crippen LogP contribution in [0.25, 0.3) is 0 Å². The van der Waals surface area contributed by atoms with E-state index in [0.717, 1.165) is 31.8 Å². The van der Waals surface area contributed by atoms with E-state index in [9.17, 15) is 23.3 Å². The summed E-state index contributed by atoms with van der Waals surface area (Å²) in [5, 5.41) is 10.7. The Labute approximate surface area is 129 Å². The van der Waals surface area contributed by atoms with Crippen molar-refractivity contribution in [1.82, 2.24) is 4.90 Å². The number of thioether (sulfide) groups is 1. The van der Waals surface area contributed by atoms with Crippen molar-refractivity contribution in [2.45, 2.75) is 11.1 Å². The second kappa shape index (κ2) is 7.30. The van der Waals surface area contributed by atoms with E-state index in [1.165, 1.54) is 17.8 Å². The average molecular weight is 336 g/mol. The molecule has 0 aliphatic carbocycles. The zero-order chi connectivity index (χ0) is 16.2. The molecule has 0 atom stereocenters. The molecule has 0 amide bonds. The van der Waals surface area contributed by atoms with Gasteiger partial charge in [0.1, 0.15) is 5.56 Å². The molecule has 1 heterocycles. The van der Waals surface area contributed by atoms with Crippen LogP contribution in [0.15, 0.2) is 23.1 Å². The SMILES string of the molecule is O=[N+]([O-])c1ccc(SCCN2CCOCC2)cc1C(F)(F)F. The molecule has 0 radical (unpaired) electrons. The molecule has 0 bridgehead atoms. The molecule has 1 aromatic carbocycles. The number of morpholine rings is 1. The summed E-state index contributed by atoms with van der Waals surface area (Å²) in [7, 11) is 0. The predicted octanol–water partition coefficient (Wildman–Crippen LogP) is 3.04. The second-order valence-electron chi connectivity index (χ2n) is 4.74. The molecule has 0 unspecified atom stereocenters. The Morgan fingerprint density at radius 3 is 2.59 bits per heavy atom. The summed E-state index contributed by atoms with van der Waals surface area (Å²) in [4.78, 5) is 12.2. The normalized spacial score (nSPS) is 16.7. The van der Waals surface area contributed by atoms with E-state index in [1.54, 1.807) is 0 Å². The van der Waals surface area contributed by atoms with Gasteiger partial charge in [0.15, 0.2) is 0 Å². The van der Waals surface area contributed by atoms with E-state index in [1.807, 2.05) is 0 Å². The van der Waals surface area contributed by atoms with Gasteiger partial charge in [0.2, 0.25) is 0 Å². The van der Waals surface area contributed by atoms with Gasteiger partial charge in [-0.2, -0.15) is 13.2 Å². The lowest BCUT2D eigenvalue weighted by Crippen LogP contribution is -2.37. The minimum atomic E-state index is -4.73. The van der Waals surface area contributed by atoms with Crippen molar-refractivity contribution in [1.29, 1.82) is 0 Å². The van der Waals surface area contributed by atoms with Crippen LogP contribution in [0.3, 0.4) is 0 Å². The highest BCUT2D eigenvalue weighted by molar-refractivity contribution is 7.99. The van der Waals surface area contributed by atoms with E-state index in [4.69, 9.17) is 4.74 Å². The molecule has 0 saturated carbocycles. The highest BCUT2D eigenvalue weighted by Crippen LogP contribution is 2.38. The molecule has 0 spiro atoms. The zero-order valence-electron chi connectivity index (χ0n) is 11.6. The Morgan fingerprint density at radius 2 is 2.00 bits per heavy atom. The number of nitrogens with zero attached hydrogens (tertiary/aromatic N) is 2. The molecule has 1 aromatic rings. The summed E-state index contributed by atoms with van der Waals surface area (Å²) in [5.74, 6) is 0.620. The largest absolute Gasteiger partial charge is 0.423 e. The minimum absolute atomic E-state index is 0.381. The number of ether oxygens (including phenoxy) is 1. The Balaban J connectivity index is 2.00. The molecule has 122 valence electrons. The van der Waals surface area contributed by atoms with E-state index >= 15 is 0 Å². The highest BCUT2D eigenvalue weighted by atomic mass is 32.2. The van der Waals surface area contributed by atoms with Gasteiger partial charge in [-0.25, -0.2) is 0 Å². The minimum Gasteiger partial charge on any atom is -0.379 e. The second-order valence-corrected chi connectivity index (χ2v) is 5.90. The Hall–Kier alpha value is -1.32. The number of halogens is 3. The lowest BCUT2D eigenvalue weighted by molar-refractivity contribution is -0.388. The van der Waals surface area contributed by atoms with Gasteiger partial charge in [-0.1, -0.05) is 0 Å². The standard InChI is InChI=1S/C13H15F3N2O3S/c14-13(15,16)11-9-10(1-2-12(11)18(19)20)22-8-5-17-3-6-21-7-4-17/h1-2,9H,3-8H2. The quantitative estimate of drug-likeness (QED) is 0.470. The molecule has 9 heteroatoms. The summed E-state index contributed by atoms with van der Waals surface area (Å²) in [6.07, 6.45) is -4.73. The number of rotatable bonds is 5. The lowest BCUT2D eigenvalue weighted by atomic mass is 10.2. The van der Waals surface area contributed by atoms with Gasteiger partial charge in [0, 0.05) is 36.3 Å². The molecular weight excluding hydrogens is 321 g/mol. The highest BCUT2D eigenvalue weighted by Gasteiger charge is 2.38. The predicted molar refractivity (Wildman–Crippen MR) is 76.1 cm³/mol. The third-order valence-corrected chi connectivity index (χ3v) is 4.22. The average Bonchev–Trinajstić information content (AvgIpc) is 2.47. The lowest BCUT2D eigenvalue weighted by Gasteiger charge is -2.26. The van der Waals surface area contributed by atoms with Crippen LogP contribution < -0.4 is 0 Å². The summed E-state index contributed by atoms with van der Waals surface area (Å²) in [6, 6.07) is 3.12. The number of alkyl halides is 3. The first-order chi connectivity index (χ1) is 10.4. The maximum absolute atomic E-state index is 12.9. The van der Waals surface area contributed by atoms with Crippen molar-refractivity contribution in [3.05, 3.63) is 33.9 Å². The molecule has 22 heavy (non-hydrogen) atoms. The van der Waals surface area contributed by atoms with Crippen LogP contribution in [0.4, 0.5) is 18.9 Å². The molecule has 1 saturated heterocycles. The maximum atomic E-state index is 12.9. The third-order valence-electron chi connectivity index (χ3n) is 3.25. The molecule has 0 N–H and O–H groups in total. The molecule has 2 rings (SSSR count). The molecule has 0 aromatic heterocycles. The third kappa shape index (κ3) is 4.59. The Kier molecular flexibility index (Phi) is 5.65. The fourth-order valence-electron chi connectivity index (χ4n) is 2.11. The van der Waals surface area contributed by atoms with E-state index < -0.39 is 22.4 Å². The van der Waals surface area contributed by atoms with E-state index in [0.29, 0.717) is 23.9 Å². The molecular formula is C13H15F3N2O3S. The summed E-state index contributed by atoms with van der Waals surface area (Å²) in [6.45, 7) is 3.70. The number of nitro groups is 1. The summed E-state index contributed by atoms with van der Waals surface area (Å²) >= 11 is 1.26. The van der Waals surface area contributed by atoms with Crippen LogP contribution in [-0.4, -0.2) is 48.4 Å². The van der Waals surface area contributed by atoms with Crippen molar-refractivity contribution in [2.24, 2.45) is 0 Å². The first-order valence-electron chi connectivity index (χ1n) is 6.66. The van der Waals surface area contributed by atoms with Crippen LogP contribution >= 0.6 is 11.8 Å². The number of nitro benzene ring substituents is 1. The van der Waals surface area contributed by atoms with Gasteiger partial charge in [-0.05, 0) is 12.1 Å². The molecule has 5 nitrogen and oxygen atoms in total. The van der Waals surface area contributed by atoms with Crippen LogP contribution in [0.1, 0.15) is 5.56 Å².